The minimum absolute atomic E-state index is 0.192. The molecular formula is C12H25N3O2. The minimum Gasteiger partial charge on any atom is -0.385 e. The highest BCUT2D eigenvalue weighted by Gasteiger charge is 2.41. The number of rotatable bonds is 8. The van der Waals surface area contributed by atoms with Crippen LogP contribution in [0.4, 0.5) is 0 Å². The Labute approximate surface area is 104 Å². The third kappa shape index (κ3) is 5.37. The van der Waals surface area contributed by atoms with Crippen molar-refractivity contribution in [2.24, 2.45) is 16.1 Å². The van der Waals surface area contributed by atoms with Crippen molar-refractivity contribution in [3.05, 3.63) is 0 Å². The van der Waals surface area contributed by atoms with Gasteiger partial charge in [0.15, 0.2) is 5.96 Å². The summed E-state index contributed by atoms with van der Waals surface area (Å²) in [4.78, 5) is 4.41. The molecule has 17 heavy (non-hydrogen) atoms. The summed E-state index contributed by atoms with van der Waals surface area (Å²) < 4.78 is 10.1. The van der Waals surface area contributed by atoms with E-state index < -0.39 is 0 Å². The molecular weight excluding hydrogens is 218 g/mol. The van der Waals surface area contributed by atoms with Crippen LogP contribution in [0.5, 0.6) is 0 Å². The van der Waals surface area contributed by atoms with Gasteiger partial charge in [-0.3, -0.25) is 4.99 Å². The largest absolute Gasteiger partial charge is 0.385 e. The van der Waals surface area contributed by atoms with Gasteiger partial charge in [0.2, 0.25) is 0 Å². The lowest BCUT2D eigenvalue weighted by atomic mass is 10.0. The van der Waals surface area contributed by atoms with E-state index in [1.54, 1.807) is 14.2 Å². The Bertz CT molecular complexity index is 252. The van der Waals surface area contributed by atoms with Crippen LogP contribution in [0.2, 0.25) is 0 Å². The standard InChI is InChI=1S/C12H25N3O2/c1-10(8-17-3)15-11(13)14-9-12(4-5-12)6-7-16-2/h10H,4-9H2,1-3H3,(H3,13,14,15). The fourth-order valence-electron chi connectivity index (χ4n) is 1.83. The fraction of sp³-hybridized carbons (Fsp3) is 0.917. The molecule has 100 valence electrons. The molecule has 0 radical (unpaired) electrons. The minimum atomic E-state index is 0.192. The first kappa shape index (κ1) is 14.3. The molecule has 0 bridgehead atoms. The molecule has 5 heteroatoms. The zero-order valence-electron chi connectivity index (χ0n) is 11.2. The maximum absolute atomic E-state index is 5.82. The first-order valence-electron chi connectivity index (χ1n) is 6.16. The molecule has 1 rings (SSSR count). The smallest absolute Gasteiger partial charge is 0.188 e. The van der Waals surface area contributed by atoms with Gasteiger partial charge in [-0.2, -0.15) is 0 Å². The summed E-state index contributed by atoms with van der Waals surface area (Å²) in [5, 5.41) is 3.11. The van der Waals surface area contributed by atoms with Crippen LogP contribution in [-0.2, 0) is 9.47 Å². The monoisotopic (exact) mass is 243 g/mol. The van der Waals surface area contributed by atoms with Gasteiger partial charge in [-0.1, -0.05) is 0 Å². The molecule has 0 aromatic rings. The molecule has 5 nitrogen and oxygen atoms in total. The van der Waals surface area contributed by atoms with Crippen LogP contribution in [-0.4, -0.2) is 46.0 Å². The van der Waals surface area contributed by atoms with Crippen molar-refractivity contribution in [2.75, 3.05) is 34.0 Å². The van der Waals surface area contributed by atoms with Gasteiger partial charge in [-0.25, -0.2) is 0 Å². The number of methoxy groups -OCH3 is 2. The zero-order valence-corrected chi connectivity index (χ0v) is 11.2. The molecule has 3 N–H and O–H groups in total. The first-order valence-corrected chi connectivity index (χ1v) is 6.16. The highest BCUT2D eigenvalue weighted by molar-refractivity contribution is 5.78. The van der Waals surface area contributed by atoms with E-state index >= 15 is 0 Å². The van der Waals surface area contributed by atoms with E-state index in [2.05, 4.69) is 10.3 Å². The van der Waals surface area contributed by atoms with Crippen LogP contribution in [0, 0.1) is 5.41 Å². The second-order valence-corrected chi connectivity index (χ2v) is 4.94. The van der Waals surface area contributed by atoms with Gasteiger partial charge in [-0.05, 0) is 31.6 Å². The molecule has 1 aliphatic carbocycles. The molecule has 0 spiro atoms. The van der Waals surface area contributed by atoms with Gasteiger partial charge in [-0.15, -0.1) is 0 Å². The van der Waals surface area contributed by atoms with Crippen LogP contribution in [0.15, 0.2) is 4.99 Å². The van der Waals surface area contributed by atoms with E-state index in [1.165, 1.54) is 12.8 Å². The molecule has 0 heterocycles. The summed E-state index contributed by atoms with van der Waals surface area (Å²) in [6.07, 6.45) is 3.55. The van der Waals surface area contributed by atoms with E-state index in [-0.39, 0.29) is 6.04 Å². The second kappa shape index (κ2) is 6.81. The van der Waals surface area contributed by atoms with Gasteiger partial charge >= 0.3 is 0 Å². The third-order valence-electron chi connectivity index (χ3n) is 3.19. The van der Waals surface area contributed by atoms with Gasteiger partial charge in [0, 0.05) is 33.4 Å². The second-order valence-electron chi connectivity index (χ2n) is 4.94. The van der Waals surface area contributed by atoms with E-state index in [9.17, 15) is 0 Å². The molecule has 1 aliphatic rings. The number of nitrogens with two attached hydrogens (primary N) is 1. The normalized spacial score (nSPS) is 20.1. The predicted molar refractivity (Wildman–Crippen MR) is 69.1 cm³/mol. The Kier molecular flexibility index (Phi) is 5.71. The number of aliphatic imine (C=N–C) groups is 1. The fourth-order valence-corrected chi connectivity index (χ4v) is 1.83. The molecule has 0 aliphatic heterocycles. The summed E-state index contributed by atoms with van der Waals surface area (Å²) in [5.41, 5.74) is 6.17. The van der Waals surface area contributed by atoms with E-state index in [0.717, 1.165) is 19.6 Å². The Balaban J connectivity index is 2.27. The quantitative estimate of drug-likeness (QED) is 0.487. The lowest BCUT2D eigenvalue weighted by molar-refractivity contribution is 0.173. The lowest BCUT2D eigenvalue weighted by Gasteiger charge is -2.15. The SMILES string of the molecule is COCCC1(CN=C(N)NC(C)COC)CC1. The molecule has 0 aromatic carbocycles. The van der Waals surface area contributed by atoms with Crippen LogP contribution in [0.3, 0.4) is 0 Å². The summed E-state index contributed by atoms with van der Waals surface area (Å²) in [6, 6.07) is 0.192. The van der Waals surface area contributed by atoms with Gasteiger partial charge in [0.05, 0.1) is 6.61 Å². The summed E-state index contributed by atoms with van der Waals surface area (Å²) >= 11 is 0. The highest BCUT2D eigenvalue weighted by atomic mass is 16.5. The van der Waals surface area contributed by atoms with Crippen molar-refractivity contribution in [3.63, 3.8) is 0 Å². The molecule has 0 amide bonds. The van der Waals surface area contributed by atoms with Crippen molar-refractivity contribution < 1.29 is 9.47 Å². The van der Waals surface area contributed by atoms with Crippen LogP contribution >= 0.6 is 0 Å². The number of hydrogen-bond donors (Lipinski definition) is 2. The topological polar surface area (TPSA) is 68.9 Å². The van der Waals surface area contributed by atoms with Gasteiger partial charge < -0.3 is 20.5 Å². The van der Waals surface area contributed by atoms with Crippen molar-refractivity contribution in [2.45, 2.75) is 32.2 Å². The van der Waals surface area contributed by atoms with Crippen LogP contribution in [0.25, 0.3) is 0 Å². The Morgan fingerprint density at radius 2 is 2.12 bits per heavy atom. The van der Waals surface area contributed by atoms with Crippen molar-refractivity contribution in [1.29, 1.82) is 0 Å². The van der Waals surface area contributed by atoms with E-state index in [0.29, 0.717) is 18.0 Å². The Hall–Kier alpha value is -0.810. The van der Waals surface area contributed by atoms with Gasteiger partial charge in [0.1, 0.15) is 0 Å². The van der Waals surface area contributed by atoms with Crippen molar-refractivity contribution in [3.8, 4) is 0 Å². The summed E-state index contributed by atoms with van der Waals surface area (Å²) in [6.45, 7) is 4.26. The summed E-state index contributed by atoms with van der Waals surface area (Å²) in [7, 11) is 3.41. The summed E-state index contributed by atoms with van der Waals surface area (Å²) in [5.74, 6) is 0.512. The molecule has 0 saturated heterocycles. The van der Waals surface area contributed by atoms with E-state index in [1.807, 2.05) is 6.92 Å². The molecule has 1 atom stereocenters. The Morgan fingerprint density at radius 3 is 2.65 bits per heavy atom. The number of guanidine groups is 1. The lowest BCUT2D eigenvalue weighted by Crippen LogP contribution is -2.41. The Morgan fingerprint density at radius 1 is 1.41 bits per heavy atom. The highest BCUT2D eigenvalue weighted by Crippen LogP contribution is 2.48. The number of hydrogen-bond acceptors (Lipinski definition) is 3. The van der Waals surface area contributed by atoms with Crippen LogP contribution < -0.4 is 11.1 Å². The van der Waals surface area contributed by atoms with Crippen molar-refractivity contribution >= 4 is 5.96 Å². The maximum Gasteiger partial charge on any atom is 0.188 e. The van der Waals surface area contributed by atoms with Crippen molar-refractivity contribution in [1.82, 2.24) is 5.32 Å². The predicted octanol–water partition coefficient (Wildman–Crippen LogP) is 0.742. The zero-order chi connectivity index (χ0) is 12.7. The average Bonchev–Trinajstić information content (AvgIpc) is 3.05. The van der Waals surface area contributed by atoms with E-state index in [4.69, 9.17) is 15.2 Å². The molecule has 1 saturated carbocycles. The number of ether oxygens (including phenoxy) is 2. The molecule has 1 fully saturated rings. The molecule has 1 unspecified atom stereocenters. The third-order valence-corrected chi connectivity index (χ3v) is 3.19. The first-order chi connectivity index (χ1) is 8.12. The number of nitrogens with zero attached hydrogens (tertiary/aromatic N) is 1. The molecule has 0 aromatic heterocycles. The van der Waals surface area contributed by atoms with Crippen LogP contribution in [0.1, 0.15) is 26.2 Å². The maximum atomic E-state index is 5.82. The number of nitrogens with one attached hydrogen (secondary N) is 1. The average molecular weight is 243 g/mol. The van der Waals surface area contributed by atoms with Gasteiger partial charge in [0.25, 0.3) is 0 Å².